The van der Waals surface area contributed by atoms with Gasteiger partial charge in [0.05, 0.1) is 0 Å². The van der Waals surface area contributed by atoms with Gasteiger partial charge in [-0.05, 0) is 75.7 Å². The van der Waals surface area contributed by atoms with Gasteiger partial charge in [0.2, 0.25) is 0 Å². The van der Waals surface area contributed by atoms with Crippen molar-refractivity contribution in [3.05, 3.63) is 35.6 Å². The molecule has 2 nitrogen and oxygen atoms in total. The van der Waals surface area contributed by atoms with Crippen molar-refractivity contribution in [3.63, 3.8) is 0 Å². The van der Waals surface area contributed by atoms with Crippen molar-refractivity contribution in [2.45, 2.75) is 44.6 Å². The fourth-order valence-corrected chi connectivity index (χ4v) is 3.18. The number of benzene rings is 1. The number of halogens is 1. The van der Waals surface area contributed by atoms with Crippen molar-refractivity contribution in [2.24, 2.45) is 5.92 Å². The lowest BCUT2D eigenvalue weighted by molar-refractivity contribution is 0.127. The van der Waals surface area contributed by atoms with Gasteiger partial charge in [-0.15, -0.1) is 0 Å². The smallest absolute Gasteiger partial charge is 0.123 e. The number of aliphatic hydroxyl groups is 1. The molecule has 0 saturated heterocycles. The third-order valence-corrected chi connectivity index (χ3v) is 4.56. The maximum absolute atomic E-state index is 13.1. The van der Waals surface area contributed by atoms with E-state index in [1.165, 1.54) is 18.9 Å². The number of nitrogens with zero attached hydrogens (tertiary/aromatic N) is 1. The van der Waals surface area contributed by atoms with E-state index >= 15 is 0 Å². The van der Waals surface area contributed by atoms with Crippen molar-refractivity contribution < 1.29 is 9.50 Å². The van der Waals surface area contributed by atoms with Gasteiger partial charge in [0.25, 0.3) is 0 Å². The minimum Gasteiger partial charge on any atom is -0.396 e. The van der Waals surface area contributed by atoms with Crippen LogP contribution in [0.4, 0.5) is 4.39 Å². The second-order valence-electron chi connectivity index (χ2n) is 6.07. The number of hydrogen-bond donors (Lipinski definition) is 1. The molecule has 1 N–H and O–H groups in total. The molecule has 3 heteroatoms. The van der Waals surface area contributed by atoms with Crippen LogP contribution in [0.5, 0.6) is 0 Å². The lowest BCUT2D eigenvalue weighted by Crippen LogP contribution is -2.36. The maximum atomic E-state index is 13.1. The quantitative estimate of drug-likeness (QED) is 0.864. The predicted molar refractivity (Wildman–Crippen MR) is 80.2 cm³/mol. The Hall–Kier alpha value is -0.930. The van der Waals surface area contributed by atoms with Crippen LogP contribution >= 0.6 is 0 Å². The van der Waals surface area contributed by atoms with Gasteiger partial charge >= 0.3 is 0 Å². The van der Waals surface area contributed by atoms with Gasteiger partial charge in [-0.2, -0.15) is 0 Å². The third-order valence-electron chi connectivity index (χ3n) is 4.56. The number of rotatable bonds is 6. The molecule has 0 bridgehead atoms. The Balaban J connectivity index is 1.69. The SMILES string of the molecule is CN(CCCc1cccc(F)c1)C1CCC(CO)CC1. The third kappa shape index (κ3) is 4.57. The van der Waals surface area contributed by atoms with Gasteiger partial charge in [0.1, 0.15) is 5.82 Å². The van der Waals surface area contributed by atoms with Crippen LogP contribution in [0.25, 0.3) is 0 Å². The summed E-state index contributed by atoms with van der Waals surface area (Å²) < 4.78 is 13.1. The van der Waals surface area contributed by atoms with Crippen LogP contribution < -0.4 is 0 Å². The monoisotopic (exact) mass is 279 g/mol. The van der Waals surface area contributed by atoms with E-state index in [2.05, 4.69) is 11.9 Å². The van der Waals surface area contributed by atoms with E-state index in [-0.39, 0.29) is 5.82 Å². The molecule has 2 rings (SSSR count). The first kappa shape index (κ1) is 15.5. The van der Waals surface area contributed by atoms with Crippen LogP contribution in [0.15, 0.2) is 24.3 Å². The molecule has 0 unspecified atom stereocenters. The summed E-state index contributed by atoms with van der Waals surface area (Å²) in [6.07, 6.45) is 6.70. The van der Waals surface area contributed by atoms with Crippen molar-refractivity contribution in [2.75, 3.05) is 20.2 Å². The fourth-order valence-electron chi connectivity index (χ4n) is 3.18. The average Bonchev–Trinajstić information content (AvgIpc) is 2.47. The molecular formula is C17H26FNO. The molecule has 20 heavy (non-hydrogen) atoms. The first-order chi connectivity index (χ1) is 9.69. The molecule has 1 saturated carbocycles. The van der Waals surface area contributed by atoms with Crippen molar-refractivity contribution in [1.82, 2.24) is 4.90 Å². The molecule has 1 aromatic carbocycles. The highest BCUT2D eigenvalue weighted by Gasteiger charge is 2.23. The van der Waals surface area contributed by atoms with Crippen LogP contribution in [0.1, 0.15) is 37.7 Å². The molecule has 0 spiro atoms. The van der Waals surface area contributed by atoms with E-state index in [0.29, 0.717) is 18.6 Å². The average molecular weight is 279 g/mol. The van der Waals surface area contributed by atoms with E-state index < -0.39 is 0 Å². The molecule has 0 aliphatic heterocycles. The van der Waals surface area contributed by atoms with E-state index in [1.807, 2.05) is 6.07 Å². The molecule has 0 amide bonds. The van der Waals surface area contributed by atoms with Crippen molar-refractivity contribution in [3.8, 4) is 0 Å². The molecule has 1 aromatic rings. The number of aryl methyl sites for hydroxylation is 1. The minimum absolute atomic E-state index is 0.141. The fraction of sp³-hybridized carbons (Fsp3) is 0.647. The van der Waals surface area contributed by atoms with Gasteiger partial charge in [0, 0.05) is 12.6 Å². The van der Waals surface area contributed by atoms with Crippen LogP contribution in [-0.4, -0.2) is 36.2 Å². The van der Waals surface area contributed by atoms with E-state index in [0.717, 1.165) is 37.8 Å². The molecule has 112 valence electrons. The summed E-state index contributed by atoms with van der Waals surface area (Å²) in [6.45, 7) is 1.40. The van der Waals surface area contributed by atoms with Crippen LogP contribution in [0.3, 0.4) is 0 Å². The molecule has 0 aromatic heterocycles. The van der Waals surface area contributed by atoms with Crippen molar-refractivity contribution >= 4 is 0 Å². The zero-order chi connectivity index (χ0) is 14.4. The highest BCUT2D eigenvalue weighted by atomic mass is 19.1. The Labute approximate surface area is 121 Å². The Morgan fingerprint density at radius 2 is 2.00 bits per heavy atom. The van der Waals surface area contributed by atoms with Gasteiger partial charge in [-0.3, -0.25) is 0 Å². The molecule has 1 aliphatic carbocycles. The normalized spacial score (nSPS) is 23.2. The summed E-state index contributed by atoms with van der Waals surface area (Å²) in [4.78, 5) is 2.44. The topological polar surface area (TPSA) is 23.5 Å². The Morgan fingerprint density at radius 1 is 1.25 bits per heavy atom. The van der Waals surface area contributed by atoms with Crippen molar-refractivity contribution in [1.29, 1.82) is 0 Å². The van der Waals surface area contributed by atoms with E-state index in [4.69, 9.17) is 5.11 Å². The summed E-state index contributed by atoms with van der Waals surface area (Å²) in [7, 11) is 2.19. The first-order valence-electron chi connectivity index (χ1n) is 7.74. The highest BCUT2D eigenvalue weighted by molar-refractivity contribution is 5.16. The molecule has 1 aliphatic rings. The second kappa shape index (κ2) is 7.75. The summed E-state index contributed by atoms with van der Waals surface area (Å²) in [5.41, 5.74) is 1.09. The standard InChI is InChI=1S/C17H26FNO/c1-19(17-9-7-15(13-20)8-10-17)11-3-5-14-4-2-6-16(18)12-14/h2,4,6,12,15,17,20H,3,5,7-11,13H2,1H3. The van der Waals surface area contributed by atoms with E-state index in [1.54, 1.807) is 12.1 Å². The van der Waals surface area contributed by atoms with Gasteiger partial charge in [-0.25, -0.2) is 4.39 Å². The summed E-state index contributed by atoms with van der Waals surface area (Å²) in [5, 5.41) is 9.16. The maximum Gasteiger partial charge on any atom is 0.123 e. The zero-order valence-corrected chi connectivity index (χ0v) is 12.4. The highest BCUT2D eigenvalue weighted by Crippen LogP contribution is 2.26. The predicted octanol–water partition coefficient (Wildman–Crippen LogP) is 3.24. The zero-order valence-electron chi connectivity index (χ0n) is 12.4. The Bertz CT molecular complexity index is 402. The lowest BCUT2D eigenvalue weighted by Gasteiger charge is -2.34. The molecular weight excluding hydrogens is 253 g/mol. The number of hydrogen-bond acceptors (Lipinski definition) is 2. The second-order valence-corrected chi connectivity index (χ2v) is 6.07. The Morgan fingerprint density at radius 3 is 2.65 bits per heavy atom. The Kier molecular flexibility index (Phi) is 5.99. The lowest BCUT2D eigenvalue weighted by atomic mass is 9.86. The molecule has 0 heterocycles. The summed E-state index contributed by atoms with van der Waals surface area (Å²) >= 11 is 0. The summed E-state index contributed by atoms with van der Waals surface area (Å²) in [5.74, 6) is 0.380. The summed E-state index contributed by atoms with van der Waals surface area (Å²) in [6, 6.07) is 7.56. The van der Waals surface area contributed by atoms with Crippen LogP contribution in [0, 0.1) is 11.7 Å². The van der Waals surface area contributed by atoms with Gasteiger partial charge < -0.3 is 10.0 Å². The largest absolute Gasteiger partial charge is 0.396 e. The first-order valence-corrected chi connectivity index (χ1v) is 7.74. The minimum atomic E-state index is -0.141. The van der Waals surface area contributed by atoms with Gasteiger partial charge in [0.15, 0.2) is 0 Å². The molecule has 0 atom stereocenters. The van der Waals surface area contributed by atoms with E-state index in [9.17, 15) is 4.39 Å². The van der Waals surface area contributed by atoms with Crippen LogP contribution in [0.2, 0.25) is 0 Å². The van der Waals surface area contributed by atoms with Gasteiger partial charge in [-0.1, -0.05) is 12.1 Å². The number of aliphatic hydroxyl groups excluding tert-OH is 1. The molecule has 0 radical (unpaired) electrons. The molecule has 1 fully saturated rings. The van der Waals surface area contributed by atoms with Crippen LogP contribution in [-0.2, 0) is 6.42 Å².